The van der Waals surface area contributed by atoms with Crippen molar-refractivity contribution in [3.05, 3.63) is 58.6 Å². The molecule has 0 aliphatic rings. The molecule has 0 fully saturated rings. The largest absolute Gasteiger partial charge is 0.507 e. The van der Waals surface area contributed by atoms with Crippen molar-refractivity contribution in [3.63, 3.8) is 0 Å². The number of non-ortho nitro benzene ring substituents is 1. The van der Waals surface area contributed by atoms with Crippen LogP contribution >= 0.6 is 0 Å². The zero-order chi connectivity index (χ0) is 13.9. The van der Waals surface area contributed by atoms with E-state index < -0.39 is 0 Å². The predicted octanol–water partition coefficient (Wildman–Crippen LogP) is 4.20. The highest BCUT2D eigenvalue weighted by molar-refractivity contribution is 6.25. The van der Waals surface area contributed by atoms with E-state index in [1.165, 1.54) is 6.07 Å². The number of hydrogen-bond donors (Lipinski definition) is 1. The number of phenolic OH excluding ortho intramolecular Hbond substituents is 1. The second-order valence-corrected chi connectivity index (χ2v) is 4.85. The van der Waals surface area contributed by atoms with Crippen LogP contribution in [0.4, 0.5) is 5.69 Å². The average Bonchev–Trinajstić information content (AvgIpc) is 2.46. The number of phenols is 1. The number of benzene rings is 4. The van der Waals surface area contributed by atoms with Crippen molar-refractivity contribution >= 4 is 38.0 Å². The van der Waals surface area contributed by atoms with Gasteiger partial charge >= 0.3 is 0 Å². The number of rotatable bonds is 1. The van der Waals surface area contributed by atoms with Crippen molar-refractivity contribution in [1.82, 2.24) is 0 Å². The molecule has 20 heavy (non-hydrogen) atoms. The van der Waals surface area contributed by atoms with Crippen molar-refractivity contribution in [1.29, 1.82) is 0 Å². The Kier molecular flexibility index (Phi) is 1.96. The first-order chi connectivity index (χ1) is 9.66. The zero-order valence-electron chi connectivity index (χ0n) is 10.3. The van der Waals surface area contributed by atoms with Crippen LogP contribution in [0, 0.1) is 10.1 Å². The van der Waals surface area contributed by atoms with Crippen LogP contribution in [0.2, 0.25) is 0 Å². The molecule has 0 aliphatic heterocycles. The van der Waals surface area contributed by atoms with Gasteiger partial charge in [0, 0.05) is 22.2 Å². The SMILES string of the molecule is O=[N+]([O-])c1ccc2ccc3c(O)ccc4ccc1c2c43. The van der Waals surface area contributed by atoms with E-state index in [-0.39, 0.29) is 16.4 Å². The Bertz CT molecular complexity index is 991. The van der Waals surface area contributed by atoms with E-state index in [1.807, 2.05) is 24.3 Å². The Balaban J connectivity index is 2.38. The lowest BCUT2D eigenvalue weighted by molar-refractivity contribution is -0.383. The molecule has 0 atom stereocenters. The average molecular weight is 263 g/mol. The maximum atomic E-state index is 11.2. The van der Waals surface area contributed by atoms with Gasteiger partial charge in [-0.2, -0.15) is 0 Å². The molecule has 0 saturated carbocycles. The molecular weight excluding hydrogens is 254 g/mol. The Morgan fingerprint density at radius 3 is 2.05 bits per heavy atom. The minimum Gasteiger partial charge on any atom is -0.507 e. The van der Waals surface area contributed by atoms with Gasteiger partial charge in [0.05, 0.1) is 10.3 Å². The third-order valence-corrected chi connectivity index (χ3v) is 3.82. The van der Waals surface area contributed by atoms with Crippen LogP contribution in [0.3, 0.4) is 0 Å². The van der Waals surface area contributed by atoms with Crippen LogP contribution in [0.1, 0.15) is 0 Å². The third-order valence-electron chi connectivity index (χ3n) is 3.82. The lowest BCUT2D eigenvalue weighted by Gasteiger charge is -2.11. The summed E-state index contributed by atoms with van der Waals surface area (Å²) < 4.78 is 0. The molecule has 96 valence electrons. The number of nitrogens with zero attached hydrogens (tertiary/aromatic N) is 1. The summed E-state index contributed by atoms with van der Waals surface area (Å²) in [5, 5.41) is 26.1. The highest BCUT2D eigenvalue weighted by Crippen LogP contribution is 2.40. The van der Waals surface area contributed by atoms with Gasteiger partial charge in [-0.15, -0.1) is 0 Å². The van der Waals surface area contributed by atoms with Gasteiger partial charge in [-0.1, -0.05) is 24.3 Å². The first-order valence-electron chi connectivity index (χ1n) is 6.21. The maximum Gasteiger partial charge on any atom is 0.277 e. The van der Waals surface area contributed by atoms with E-state index in [1.54, 1.807) is 18.2 Å². The van der Waals surface area contributed by atoms with Gasteiger partial charge in [0.2, 0.25) is 0 Å². The summed E-state index contributed by atoms with van der Waals surface area (Å²) in [6.07, 6.45) is 0. The summed E-state index contributed by atoms with van der Waals surface area (Å²) in [4.78, 5) is 10.8. The summed E-state index contributed by atoms with van der Waals surface area (Å²) in [6, 6.07) is 14.1. The molecule has 4 heteroatoms. The molecule has 0 amide bonds. The van der Waals surface area contributed by atoms with Crippen molar-refractivity contribution in [2.45, 2.75) is 0 Å². The van der Waals surface area contributed by atoms with E-state index in [4.69, 9.17) is 0 Å². The molecule has 1 N–H and O–H groups in total. The van der Waals surface area contributed by atoms with Crippen molar-refractivity contribution in [2.24, 2.45) is 0 Å². The van der Waals surface area contributed by atoms with E-state index in [2.05, 4.69) is 0 Å². The summed E-state index contributed by atoms with van der Waals surface area (Å²) in [5.74, 6) is 0.193. The number of nitro benzene ring substituents is 1. The van der Waals surface area contributed by atoms with Gasteiger partial charge in [-0.05, 0) is 29.0 Å². The topological polar surface area (TPSA) is 63.4 Å². The first-order valence-corrected chi connectivity index (χ1v) is 6.21. The molecule has 0 aliphatic carbocycles. The monoisotopic (exact) mass is 263 g/mol. The standard InChI is InChI=1S/C16H9NO3/c18-14-8-4-10-1-5-11-13(17(19)20)7-3-9-2-6-12(14)16(10)15(9)11/h1-8,18H. The molecule has 4 aromatic carbocycles. The fraction of sp³-hybridized carbons (Fsp3) is 0. The molecule has 4 rings (SSSR count). The zero-order valence-corrected chi connectivity index (χ0v) is 10.3. The van der Waals surface area contributed by atoms with E-state index in [0.29, 0.717) is 5.39 Å². The highest BCUT2D eigenvalue weighted by atomic mass is 16.6. The molecule has 0 aromatic heterocycles. The maximum absolute atomic E-state index is 11.2. The molecule has 0 saturated heterocycles. The van der Waals surface area contributed by atoms with Crippen molar-refractivity contribution < 1.29 is 10.0 Å². The van der Waals surface area contributed by atoms with E-state index in [9.17, 15) is 15.2 Å². The van der Waals surface area contributed by atoms with Crippen molar-refractivity contribution in [2.75, 3.05) is 0 Å². The molecule has 0 radical (unpaired) electrons. The molecule has 4 aromatic rings. The van der Waals surface area contributed by atoms with E-state index >= 15 is 0 Å². The summed E-state index contributed by atoms with van der Waals surface area (Å²) in [7, 11) is 0. The minimum absolute atomic E-state index is 0.0928. The van der Waals surface area contributed by atoms with Gasteiger partial charge in [0.25, 0.3) is 5.69 Å². The lowest BCUT2D eigenvalue weighted by Crippen LogP contribution is -1.91. The number of hydrogen-bond acceptors (Lipinski definition) is 3. The Labute approximate surface area is 113 Å². The quantitative estimate of drug-likeness (QED) is 0.318. The fourth-order valence-electron chi connectivity index (χ4n) is 2.93. The molecule has 0 unspecified atom stereocenters. The normalized spacial score (nSPS) is 11.6. The van der Waals surface area contributed by atoms with Crippen LogP contribution in [-0.4, -0.2) is 10.0 Å². The summed E-state index contributed by atoms with van der Waals surface area (Å²) >= 11 is 0. The second kappa shape index (κ2) is 3.57. The first kappa shape index (κ1) is 11.0. The van der Waals surface area contributed by atoms with Gasteiger partial charge in [-0.3, -0.25) is 10.1 Å². The summed E-state index contributed by atoms with van der Waals surface area (Å²) in [6.45, 7) is 0. The van der Waals surface area contributed by atoms with Crippen LogP contribution in [-0.2, 0) is 0 Å². The lowest BCUT2D eigenvalue weighted by atomic mass is 9.93. The Morgan fingerprint density at radius 1 is 0.800 bits per heavy atom. The Morgan fingerprint density at radius 2 is 1.35 bits per heavy atom. The van der Waals surface area contributed by atoms with Gasteiger partial charge in [0.15, 0.2) is 0 Å². The van der Waals surface area contributed by atoms with Gasteiger partial charge in [0.1, 0.15) is 5.75 Å². The molecule has 4 nitrogen and oxygen atoms in total. The molecule has 0 heterocycles. The van der Waals surface area contributed by atoms with Crippen LogP contribution < -0.4 is 0 Å². The molecular formula is C16H9NO3. The smallest absolute Gasteiger partial charge is 0.277 e. The fourth-order valence-corrected chi connectivity index (χ4v) is 2.93. The Hall–Kier alpha value is -2.88. The van der Waals surface area contributed by atoms with Crippen LogP contribution in [0.25, 0.3) is 32.3 Å². The highest BCUT2D eigenvalue weighted by Gasteiger charge is 2.17. The van der Waals surface area contributed by atoms with Crippen molar-refractivity contribution in [3.8, 4) is 5.75 Å². The number of nitro groups is 1. The predicted molar refractivity (Wildman–Crippen MR) is 78.5 cm³/mol. The summed E-state index contributed by atoms with van der Waals surface area (Å²) in [5.41, 5.74) is 0.0928. The molecule has 0 spiro atoms. The molecule has 0 bridgehead atoms. The minimum atomic E-state index is -0.369. The van der Waals surface area contributed by atoms with Crippen LogP contribution in [0.5, 0.6) is 5.75 Å². The number of aromatic hydroxyl groups is 1. The second-order valence-electron chi connectivity index (χ2n) is 4.85. The third kappa shape index (κ3) is 1.25. The van der Waals surface area contributed by atoms with Gasteiger partial charge in [-0.25, -0.2) is 0 Å². The van der Waals surface area contributed by atoms with Crippen LogP contribution in [0.15, 0.2) is 48.5 Å². The van der Waals surface area contributed by atoms with Gasteiger partial charge < -0.3 is 5.11 Å². The van der Waals surface area contributed by atoms with E-state index in [0.717, 1.165) is 26.9 Å².